The number of nitrogens with zero attached hydrogens (tertiary/aromatic N) is 1. The Morgan fingerprint density at radius 1 is 1.16 bits per heavy atom. The number of aliphatic imine (C=N–C) groups is 1. The van der Waals surface area contributed by atoms with Gasteiger partial charge in [-0.25, -0.2) is 0 Å². The number of rotatable bonds is 15. The molecule has 0 radical (unpaired) electrons. The van der Waals surface area contributed by atoms with Gasteiger partial charge in [-0.3, -0.25) is 9.79 Å². The molecular weight excluding hydrogens is 554 g/mol. The fraction of sp³-hybridized carbons (Fsp3) is 0.667. The maximum Gasteiger partial charge on any atom is 0.185 e. The van der Waals surface area contributed by atoms with Gasteiger partial charge < -0.3 is 31.2 Å². The number of hydrogen-bond acceptors (Lipinski definition) is 6. The number of ether oxygens (including phenoxy) is 2. The Kier molecular flexibility index (Phi) is 12.7. The molecule has 2 fully saturated rings. The molecule has 6 N–H and O–H groups in total. The van der Waals surface area contributed by atoms with Gasteiger partial charge >= 0.3 is 0 Å². The number of allylic oxidation sites excluding steroid dienone is 3. The molecule has 3 aliphatic rings. The minimum atomic E-state index is -0.0924. The minimum Gasteiger partial charge on any atom is -0.504 e. The molecule has 244 valence electrons. The molecule has 0 bridgehead atoms. The molecule has 44 heavy (non-hydrogen) atoms. The Bertz CT molecular complexity index is 1200. The number of phenols is 1. The van der Waals surface area contributed by atoms with Crippen LogP contribution < -0.4 is 16.2 Å². The molecule has 0 heterocycles. The zero-order valence-electron chi connectivity index (χ0n) is 27.1. The summed E-state index contributed by atoms with van der Waals surface area (Å²) < 4.78 is 12.4. The van der Waals surface area contributed by atoms with Gasteiger partial charge in [0.1, 0.15) is 0 Å². The van der Waals surface area contributed by atoms with Crippen LogP contribution >= 0.6 is 0 Å². The Hall–Kier alpha value is -2.84. The van der Waals surface area contributed by atoms with Crippen LogP contribution in [0.5, 0.6) is 11.5 Å². The average molecular weight is 610 g/mol. The zero-order valence-corrected chi connectivity index (χ0v) is 27.1. The van der Waals surface area contributed by atoms with Crippen molar-refractivity contribution in [3.63, 3.8) is 0 Å². The summed E-state index contributed by atoms with van der Waals surface area (Å²) in [6.07, 6.45) is 14.9. The summed E-state index contributed by atoms with van der Waals surface area (Å²) in [6, 6.07) is 4.06. The minimum absolute atomic E-state index is 0.0106. The molecule has 0 saturated heterocycles. The van der Waals surface area contributed by atoms with Crippen molar-refractivity contribution in [3.05, 3.63) is 46.6 Å². The first-order valence-electron chi connectivity index (χ1n) is 16.8. The molecule has 3 aliphatic carbocycles. The third-order valence-corrected chi connectivity index (χ3v) is 9.97. The van der Waals surface area contributed by atoms with E-state index < -0.39 is 0 Å². The van der Waals surface area contributed by atoms with Crippen LogP contribution in [0.15, 0.2) is 40.4 Å². The van der Waals surface area contributed by atoms with Crippen molar-refractivity contribution in [2.75, 3.05) is 26.9 Å². The van der Waals surface area contributed by atoms with Crippen LogP contribution in [0.2, 0.25) is 0 Å². The van der Waals surface area contributed by atoms with Gasteiger partial charge in [0.05, 0.1) is 19.3 Å². The Balaban J connectivity index is 1.74. The number of hydrogen-bond donors (Lipinski definition) is 4. The van der Waals surface area contributed by atoms with E-state index in [1.54, 1.807) is 13.2 Å². The Morgan fingerprint density at radius 2 is 1.93 bits per heavy atom. The smallest absolute Gasteiger partial charge is 0.185 e. The lowest BCUT2D eigenvalue weighted by atomic mass is 9.59. The summed E-state index contributed by atoms with van der Waals surface area (Å²) in [7, 11) is 1.75. The second-order valence-corrected chi connectivity index (χ2v) is 13.4. The molecule has 8 heteroatoms. The van der Waals surface area contributed by atoms with E-state index in [0.717, 1.165) is 74.5 Å². The number of methoxy groups -OCH3 is 1. The zero-order chi connectivity index (χ0) is 31.6. The lowest BCUT2D eigenvalue weighted by Gasteiger charge is -2.46. The van der Waals surface area contributed by atoms with Gasteiger partial charge in [-0.2, -0.15) is 0 Å². The number of carbonyl (C=O) groups is 1. The monoisotopic (exact) mass is 609 g/mol. The highest BCUT2D eigenvalue weighted by Gasteiger charge is 2.44. The van der Waals surface area contributed by atoms with Gasteiger partial charge in [-0.15, -0.1) is 0 Å². The molecule has 4 rings (SSSR count). The van der Waals surface area contributed by atoms with Crippen molar-refractivity contribution in [3.8, 4) is 11.5 Å². The van der Waals surface area contributed by atoms with Crippen LogP contribution in [-0.4, -0.2) is 54.9 Å². The van der Waals surface area contributed by atoms with E-state index in [1.807, 2.05) is 13.0 Å². The molecule has 8 nitrogen and oxygen atoms in total. The number of aromatic hydroxyl groups is 1. The topological polar surface area (TPSA) is 140 Å². The average Bonchev–Trinajstić information content (AvgIpc) is 3.51. The second kappa shape index (κ2) is 16.5. The molecule has 2 saturated carbocycles. The number of aliphatic hydroxyl groups is 1. The van der Waals surface area contributed by atoms with Gasteiger partial charge in [0.25, 0.3) is 0 Å². The van der Waals surface area contributed by atoms with Gasteiger partial charge in [-0.1, -0.05) is 38.0 Å². The van der Waals surface area contributed by atoms with Crippen LogP contribution in [0.3, 0.4) is 0 Å². The predicted molar refractivity (Wildman–Crippen MR) is 176 cm³/mol. The summed E-state index contributed by atoms with van der Waals surface area (Å²) in [4.78, 5) is 17.2. The fourth-order valence-electron chi connectivity index (χ4n) is 7.80. The highest BCUT2D eigenvalue weighted by Crippen LogP contribution is 2.55. The number of aliphatic hydroxyl groups excluding tert-OH is 1. The largest absolute Gasteiger partial charge is 0.504 e. The van der Waals surface area contributed by atoms with Crippen molar-refractivity contribution >= 4 is 11.7 Å². The van der Waals surface area contributed by atoms with Gasteiger partial charge in [-0.05, 0) is 117 Å². The van der Waals surface area contributed by atoms with Crippen molar-refractivity contribution in [2.24, 2.45) is 40.1 Å². The van der Waals surface area contributed by atoms with Crippen molar-refractivity contribution in [1.29, 1.82) is 0 Å². The molecule has 5 unspecified atom stereocenters. The van der Waals surface area contributed by atoms with E-state index in [-0.39, 0.29) is 48.0 Å². The molecular formula is C36H55N3O5. The number of ketones is 1. The van der Waals surface area contributed by atoms with Crippen LogP contribution in [-0.2, 0) is 16.0 Å². The predicted octanol–water partition coefficient (Wildman–Crippen LogP) is 5.94. The summed E-state index contributed by atoms with van der Waals surface area (Å²) >= 11 is 0. The second-order valence-electron chi connectivity index (χ2n) is 13.4. The normalized spacial score (nSPS) is 25.8. The number of phenolic OH excluding ortho intramolecular Hbond substituents is 1. The van der Waals surface area contributed by atoms with Crippen molar-refractivity contribution in [1.82, 2.24) is 0 Å². The van der Waals surface area contributed by atoms with Crippen LogP contribution in [0.25, 0.3) is 0 Å². The Labute approximate surface area is 264 Å². The number of guanidine groups is 1. The first kappa shape index (κ1) is 34.0. The van der Waals surface area contributed by atoms with Crippen molar-refractivity contribution < 1.29 is 24.5 Å². The first-order valence-corrected chi connectivity index (χ1v) is 16.8. The van der Waals surface area contributed by atoms with Gasteiger partial charge in [0.15, 0.2) is 23.2 Å². The van der Waals surface area contributed by atoms with Crippen molar-refractivity contribution in [2.45, 2.75) is 103 Å². The number of benzene rings is 1. The summed E-state index contributed by atoms with van der Waals surface area (Å²) in [5, 5.41) is 21.6. The van der Waals surface area contributed by atoms with E-state index in [1.165, 1.54) is 5.57 Å². The molecule has 5 atom stereocenters. The summed E-state index contributed by atoms with van der Waals surface area (Å²) in [6.45, 7) is 5.37. The lowest BCUT2D eigenvalue weighted by molar-refractivity contribution is -0.114. The number of nitrogens with two attached hydrogens (primary N) is 2. The third-order valence-electron chi connectivity index (χ3n) is 9.97. The SMILES string of the molecule is CCCC(=CC(=O)CCc1cc(OC2CCCC2)c(O)c(C2C3CC(C)CCC3=CC(CCN=C(N)N)C2COC)c1)CO. The highest BCUT2D eigenvalue weighted by atomic mass is 16.5. The Morgan fingerprint density at radius 3 is 2.61 bits per heavy atom. The first-order chi connectivity index (χ1) is 21.2. The van der Waals surface area contributed by atoms with E-state index in [4.69, 9.17) is 20.9 Å². The van der Waals surface area contributed by atoms with E-state index in [9.17, 15) is 15.0 Å². The van der Waals surface area contributed by atoms with Crippen LogP contribution in [0, 0.1) is 23.7 Å². The number of carbonyl (C=O) groups excluding carboxylic acids is 1. The third kappa shape index (κ3) is 8.87. The van der Waals surface area contributed by atoms with Gasteiger partial charge in [0, 0.05) is 25.6 Å². The summed E-state index contributed by atoms with van der Waals surface area (Å²) in [5.74, 6) is 2.12. The lowest BCUT2D eigenvalue weighted by Crippen LogP contribution is -2.38. The van der Waals surface area contributed by atoms with Crippen LogP contribution in [0.4, 0.5) is 0 Å². The molecule has 1 aromatic rings. The maximum absolute atomic E-state index is 12.9. The molecule has 1 aromatic carbocycles. The number of aryl methyl sites for hydroxylation is 1. The maximum atomic E-state index is 12.9. The number of fused-ring (bicyclic) bond motifs is 1. The van der Waals surface area contributed by atoms with Gasteiger partial charge in [0.2, 0.25) is 0 Å². The van der Waals surface area contributed by atoms with E-state index in [2.05, 4.69) is 24.1 Å². The van der Waals surface area contributed by atoms with E-state index >= 15 is 0 Å². The summed E-state index contributed by atoms with van der Waals surface area (Å²) in [5.41, 5.74) is 15.5. The highest BCUT2D eigenvalue weighted by molar-refractivity contribution is 5.90. The standard InChI is InChI=1S/C36H55N3O5/c1-4-7-25(21-40)17-28(41)13-11-24-18-31(35(42)33(19-24)44-29-8-5-6-9-29)34-30-16-23(2)10-12-26(30)20-27(32(34)22-43-3)14-15-39-36(37)38/h17-20,23,27,29-30,32,34,40,42H,4-16,21-22H2,1-3H3,(H4,37,38,39). The quantitative estimate of drug-likeness (QED) is 0.0835. The fourth-order valence-corrected chi connectivity index (χ4v) is 7.80. The molecule has 0 aliphatic heterocycles. The molecule has 0 spiro atoms. The van der Waals surface area contributed by atoms with E-state index in [0.29, 0.717) is 50.0 Å². The van der Waals surface area contributed by atoms with Crippen LogP contribution in [0.1, 0.15) is 102 Å². The molecule has 0 aromatic heterocycles. The molecule has 0 amide bonds.